The molecule has 0 saturated heterocycles. The molecule has 0 atom stereocenters. The van der Waals surface area contributed by atoms with E-state index in [0.717, 1.165) is 22.3 Å². The Morgan fingerprint density at radius 2 is 2.20 bits per heavy atom. The summed E-state index contributed by atoms with van der Waals surface area (Å²) in [5, 5.41) is 9.10. The molecule has 0 radical (unpaired) electrons. The normalized spacial score (nSPS) is 11.1. The summed E-state index contributed by atoms with van der Waals surface area (Å²) in [6.45, 7) is 2.17. The van der Waals surface area contributed by atoms with Gasteiger partial charge in [-0.1, -0.05) is 13.3 Å². The summed E-state index contributed by atoms with van der Waals surface area (Å²) >= 11 is 1.42. The van der Waals surface area contributed by atoms with E-state index in [4.69, 9.17) is 5.11 Å². The lowest BCUT2D eigenvalue weighted by Gasteiger charge is -2.02. The van der Waals surface area contributed by atoms with Crippen molar-refractivity contribution in [1.82, 2.24) is 9.55 Å². The number of rotatable bonds is 6. The van der Waals surface area contributed by atoms with Crippen molar-refractivity contribution < 1.29 is 9.90 Å². The van der Waals surface area contributed by atoms with E-state index in [9.17, 15) is 14.4 Å². The summed E-state index contributed by atoms with van der Waals surface area (Å²) in [5.41, 5.74) is -0.814. The van der Waals surface area contributed by atoms with Gasteiger partial charge in [-0.15, -0.1) is 11.3 Å². The molecule has 7 heteroatoms. The molecule has 6 nitrogen and oxygen atoms in total. The highest BCUT2D eigenvalue weighted by Crippen LogP contribution is 2.21. The van der Waals surface area contributed by atoms with E-state index in [1.807, 2.05) is 6.07 Å². The third-order valence-corrected chi connectivity index (χ3v) is 4.10. The van der Waals surface area contributed by atoms with Crippen molar-refractivity contribution in [2.24, 2.45) is 0 Å². The standard InChI is InChI=1S/C13H16N2O4S/c1-2-4-8-7-9-11(20-8)14-13(19)15(12(9)18)6-3-5-10(16)17/h7H,2-6H2,1H3,(H,14,19)(H,16,17). The SMILES string of the molecule is CCCc1cc2c(=O)n(CCCC(=O)O)c(=O)[nH]c2s1. The Hall–Kier alpha value is -1.89. The molecule has 0 aromatic carbocycles. The Labute approximate surface area is 118 Å². The van der Waals surface area contributed by atoms with Crippen LogP contribution in [-0.2, 0) is 17.8 Å². The molecule has 2 N–H and O–H groups in total. The number of aryl methyl sites for hydroxylation is 1. The quantitative estimate of drug-likeness (QED) is 0.846. The first-order valence-electron chi connectivity index (χ1n) is 6.50. The molecule has 0 fully saturated rings. The molecule has 0 aliphatic rings. The molecule has 2 heterocycles. The summed E-state index contributed by atoms with van der Waals surface area (Å²) < 4.78 is 1.08. The average molecular weight is 296 g/mol. The summed E-state index contributed by atoms with van der Waals surface area (Å²) in [6.07, 6.45) is 2.05. The third-order valence-electron chi connectivity index (χ3n) is 2.99. The maximum Gasteiger partial charge on any atom is 0.329 e. The van der Waals surface area contributed by atoms with Gasteiger partial charge >= 0.3 is 11.7 Å². The van der Waals surface area contributed by atoms with Crippen molar-refractivity contribution in [3.05, 3.63) is 31.8 Å². The van der Waals surface area contributed by atoms with Gasteiger partial charge in [0.2, 0.25) is 0 Å². The number of nitrogens with one attached hydrogen (secondary N) is 1. The molecule has 2 aromatic rings. The largest absolute Gasteiger partial charge is 0.481 e. The predicted octanol–water partition coefficient (Wildman–Crippen LogP) is 1.57. The van der Waals surface area contributed by atoms with Crippen LogP contribution >= 0.6 is 11.3 Å². The van der Waals surface area contributed by atoms with E-state index < -0.39 is 11.7 Å². The minimum Gasteiger partial charge on any atom is -0.481 e. The van der Waals surface area contributed by atoms with Gasteiger partial charge in [-0.25, -0.2) is 4.79 Å². The number of aliphatic carboxylic acids is 1. The molecule has 2 aromatic heterocycles. The lowest BCUT2D eigenvalue weighted by atomic mass is 10.2. The van der Waals surface area contributed by atoms with E-state index in [1.54, 1.807) is 0 Å². The van der Waals surface area contributed by atoms with Gasteiger partial charge in [-0.05, 0) is 18.9 Å². The van der Waals surface area contributed by atoms with Crippen LogP contribution in [0.5, 0.6) is 0 Å². The highest BCUT2D eigenvalue weighted by atomic mass is 32.1. The average Bonchev–Trinajstić information content (AvgIpc) is 2.76. The second kappa shape index (κ2) is 6.04. The zero-order valence-electron chi connectivity index (χ0n) is 11.1. The van der Waals surface area contributed by atoms with Crippen molar-refractivity contribution in [2.45, 2.75) is 39.2 Å². The number of nitrogens with zero attached hydrogens (tertiary/aromatic N) is 1. The van der Waals surface area contributed by atoms with Crippen molar-refractivity contribution in [3.63, 3.8) is 0 Å². The molecule has 0 aliphatic carbocycles. The fourth-order valence-corrected chi connectivity index (χ4v) is 3.20. The van der Waals surface area contributed by atoms with Gasteiger partial charge in [0, 0.05) is 17.8 Å². The van der Waals surface area contributed by atoms with Crippen LogP contribution in [0, 0.1) is 0 Å². The highest BCUT2D eigenvalue weighted by Gasteiger charge is 2.11. The summed E-state index contributed by atoms with van der Waals surface area (Å²) in [6, 6.07) is 1.81. The van der Waals surface area contributed by atoms with E-state index in [2.05, 4.69) is 11.9 Å². The predicted molar refractivity (Wildman–Crippen MR) is 77.6 cm³/mol. The lowest BCUT2D eigenvalue weighted by Crippen LogP contribution is -2.34. The minimum atomic E-state index is -0.934. The second-order valence-corrected chi connectivity index (χ2v) is 5.73. The third kappa shape index (κ3) is 2.98. The second-order valence-electron chi connectivity index (χ2n) is 4.59. The first-order valence-corrected chi connectivity index (χ1v) is 7.32. The molecular weight excluding hydrogens is 280 g/mol. The molecule has 0 spiro atoms. The Morgan fingerprint density at radius 1 is 1.45 bits per heavy atom. The molecule has 0 bridgehead atoms. The Morgan fingerprint density at radius 3 is 2.85 bits per heavy atom. The Kier molecular flexibility index (Phi) is 4.39. The van der Waals surface area contributed by atoms with Gasteiger partial charge in [0.1, 0.15) is 4.83 Å². The molecule has 0 amide bonds. The van der Waals surface area contributed by atoms with Gasteiger partial charge in [0.15, 0.2) is 0 Å². The van der Waals surface area contributed by atoms with Gasteiger partial charge < -0.3 is 5.11 Å². The number of thiophene rings is 1. The number of fused-ring (bicyclic) bond motifs is 1. The summed E-state index contributed by atoms with van der Waals surface area (Å²) in [4.78, 5) is 38.9. The topological polar surface area (TPSA) is 92.2 Å². The number of aromatic nitrogens is 2. The highest BCUT2D eigenvalue weighted by molar-refractivity contribution is 7.18. The van der Waals surface area contributed by atoms with Gasteiger partial charge in [-0.2, -0.15) is 0 Å². The van der Waals surface area contributed by atoms with Crippen molar-refractivity contribution in [1.29, 1.82) is 0 Å². The maximum absolute atomic E-state index is 12.2. The van der Waals surface area contributed by atoms with Gasteiger partial charge in [-0.3, -0.25) is 19.1 Å². The monoisotopic (exact) mass is 296 g/mol. The van der Waals surface area contributed by atoms with Crippen LogP contribution in [0.2, 0.25) is 0 Å². The molecule has 2 rings (SSSR count). The summed E-state index contributed by atoms with van der Waals surface area (Å²) in [7, 11) is 0. The molecule has 0 saturated carbocycles. The molecule has 108 valence electrons. The fraction of sp³-hybridized carbons (Fsp3) is 0.462. The lowest BCUT2D eigenvalue weighted by molar-refractivity contribution is -0.137. The molecular formula is C13H16N2O4S. The number of aromatic amines is 1. The van der Waals surface area contributed by atoms with Crippen molar-refractivity contribution >= 4 is 27.5 Å². The van der Waals surface area contributed by atoms with Gasteiger partial charge in [0.05, 0.1) is 5.39 Å². The number of hydrogen-bond donors (Lipinski definition) is 2. The number of carboxylic acid groups (broad SMARTS) is 1. The van der Waals surface area contributed by atoms with E-state index >= 15 is 0 Å². The first kappa shape index (κ1) is 14.5. The number of H-pyrrole nitrogens is 1. The van der Waals surface area contributed by atoms with Crippen LogP contribution in [-0.4, -0.2) is 20.6 Å². The Bertz CT molecular complexity index is 741. The number of carbonyl (C=O) groups is 1. The number of hydrogen-bond acceptors (Lipinski definition) is 4. The van der Waals surface area contributed by atoms with Crippen molar-refractivity contribution in [2.75, 3.05) is 0 Å². The molecule has 0 aliphatic heterocycles. The molecule has 0 unspecified atom stereocenters. The van der Waals surface area contributed by atoms with Crippen LogP contribution < -0.4 is 11.2 Å². The fourth-order valence-electron chi connectivity index (χ4n) is 2.06. The van der Waals surface area contributed by atoms with Crippen LogP contribution in [0.1, 0.15) is 31.1 Å². The summed E-state index contributed by atoms with van der Waals surface area (Å²) in [5.74, 6) is -0.934. The maximum atomic E-state index is 12.2. The van der Waals surface area contributed by atoms with Crippen molar-refractivity contribution in [3.8, 4) is 0 Å². The zero-order valence-corrected chi connectivity index (χ0v) is 12.0. The zero-order chi connectivity index (χ0) is 14.7. The van der Waals surface area contributed by atoms with E-state index in [0.29, 0.717) is 10.2 Å². The molecule has 20 heavy (non-hydrogen) atoms. The van der Waals surface area contributed by atoms with Crippen LogP contribution in [0.4, 0.5) is 0 Å². The minimum absolute atomic E-state index is 0.0609. The van der Waals surface area contributed by atoms with Gasteiger partial charge in [0.25, 0.3) is 5.56 Å². The first-order chi connectivity index (χ1) is 9.52. The van der Waals surface area contributed by atoms with Crippen LogP contribution in [0.3, 0.4) is 0 Å². The van der Waals surface area contributed by atoms with Crippen LogP contribution in [0.25, 0.3) is 10.2 Å². The van der Waals surface area contributed by atoms with E-state index in [1.165, 1.54) is 11.3 Å². The smallest absolute Gasteiger partial charge is 0.329 e. The van der Waals surface area contributed by atoms with E-state index in [-0.39, 0.29) is 24.9 Å². The number of carboxylic acids is 1. The Balaban J connectivity index is 2.38. The van der Waals surface area contributed by atoms with Crippen LogP contribution in [0.15, 0.2) is 15.7 Å².